The van der Waals surface area contributed by atoms with Crippen LogP contribution in [0.15, 0.2) is 12.1 Å². The molecule has 2 saturated heterocycles. The molecule has 2 aliphatic heterocycles. The topological polar surface area (TPSA) is 97.1 Å². The third-order valence-corrected chi connectivity index (χ3v) is 7.43. The van der Waals surface area contributed by atoms with Crippen molar-refractivity contribution in [1.82, 2.24) is 15.1 Å². The Kier molecular flexibility index (Phi) is 9.45. The van der Waals surface area contributed by atoms with Crippen LogP contribution >= 0.6 is 11.6 Å². The maximum absolute atomic E-state index is 13.0. The molecule has 0 saturated carbocycles. The summed E-state index contributed by atoms with van der Waals surface area (Å²) in [5, 5.41) is 3.42. The predicted molar refractivity (Wildman–Crippen MR) is 134 cm³/mol. The van der Waals surface area contributed by atoms with Gasteiger partial charge in [0.2, 0.25) is 5.91 Å². The number of nitrogens with zero attached hydrogens (tertiary/aromatic N) is 2. The highest BCUT2D eigenvalue weighted by atomic mass is 35.5. The van der Waals surface area contributed by atoms with E-state index >= 15 is 0 Å². The summed E-state index contributed by atoms with van der Waals surface area (Å²) in [5.74, 6) is 1.14. The number of ether oxygens (including phenoxy) is 2. The fraction of sp³-hybridized carbons (Fsp3) is 0.680. The molecule has 2 heterocycles. The van der Waals surface area contributed by atoms with Gasteiger partial charge in [0.1, 0.15) is 5.75 Å². The van der Waals surface area contributed by atoms with Gasteiger partial charge in [-0.1, -0.05) is 25.4 Å². The zero-order valence-corrected chi connectivity index (χ0v) is 21.6. The lowest BCUT2D eigenvalue weighted by Gasteiger charge is -2.39. The number of anilines is 1. The van der Waals surface area contributed by atoms with Crippen LogP contribution < -0.4 is 15.8 Å². The molecule has 1 aromatic carbocycles. The zero-order valence-electron chi connectivity index (χ0n) is 20.8. The van der Waals surface area contributed by atoms with Gasteiger partial charge in [-0.05, 0) is 44.2 Å². The summed E-state index contributed by atoms with van der Waals surface area (Å²) in [4.78, 5) is 29.6. The molecule has 9 heteroatoms. The van der Waals surface area contributed by atoms with Crippen LogP contribution in [0, 0.1) is 11.8 Å². The largest absolute Gasteiger partial charge is 0.496 e. The summed E-state index contributed by atoms with van der Waals surface area (Å²) >= 11 is 6.13. The number of hydrogen-bond acceptors (Lipinski definition) is 6. The van der Waals surface area contributed by atoms with Crippen molar-refractivity contribution in [3.8, 4) is 5.75 Å². The number of methoxy groups -OCH3 is 2. The summed E-state index contributed by atoms with van der Waals surface area (Å²) in [6.45, 7) is 8.35. The molecule has 0 aliphatic carbocycles. The molecule has 2 amide bonds. The molecule has 0 bridgehead atoms. The first-order valence-electron chi connectivity index (χ1n) is 12.2. The third kappa shape index (κ3) is 6.55. The molecule has 34 heavy (non-hydrogen) atoms. The van der Waals surface area contributed by atoms with Gasteiger partial charge in [0, 0.05) is 45.3 Å². The smallest absolute Gasteiger partial charge is 0.255 e. The first-order valence-corrected chi connectivity index (χ1v) is 12.6. The van der Waals surface area contributed by atoms with Crippen molar-refractivity contribution in [3.05, 3.63) is 22.7 Å². The zero-order chi connectivity index (χ0) is 24.8. The summed E-state index contributed by atoms with van der Waals surface area (Å²) in [5.41, 5.74) is 6.57. The van der Waals surface area contributed by atoms with E-state index in [4.69, 9.17) is 26.8 Å². The van der Waals surface area contributed by atoms with E-state index in [2.05, 4.69) is 10.2 Å². The number of halogens is 1. The number of piperidine rings is 2. The molecule has 190 valence electrons. The Labute approximate surface area is 208 Å². The van der Waals surface area contributed by atoms with E-state index in [1.807, 2.05) is 18.7 Å². The standard InChI is InChI=1S/C25H39ClN4O4/c1-16(2)25(32)30-11-6-17(7-12-30)5-9-29-10-8-21(23(15-29)34-4)28-24(31)18-13-19(26)20(27)14-22(18)33-3/h13-14,16-17,21,23H,5-12,15,27H2,1-4H3,(H,28,31)/t21-,23+/m0/s1. The van der Waals surface area contributed by atoms with Crippen molar-refractivity contribution in [2.75, 3.05) is 52.7 Å². The number of carbonyl (C=O) groups is 2. The molecule has 2 aliphatic rings. The Hall–Kier alpha value is -2.03. The molecule has 3 N–H and O–H groups in total. The number of amides is 2. The fourth-order valence-electron chi connectivity index (χ4n) is 4.92. The highest BCUT2D eigenvalue weighted by Crippen LogP contribution is 2.29. The summed E-state index contributed by atoms with van der Waals surface area (Å²) in [6.07, 6.45) is 3.98. The highest BCUT2D eigenvalue weighted by molar-refractivity contribution is 6.33. The van der Waals surface area contributed by atoms with E-state index < -0.39 is 0 Å². The minimum Gasteiger partial charge on any atom is -0.496 e. The lowest BCUT2D eigenvalue weighted by Crippen LogP contribution is -2.55. The molecular weight excluding hydrogens is 456 g/mol. The lowest BCUT2D eigenvalue weighted by molar-refractivity contribution is -0.135. The SMILES string of the molecule is COc1cc(N)c(Cl)cc1C(=O)N[C@H]1CCN(CCC2CCN(C(=O)C(C)C)CC2)C[C@H]1OC. The first-order chi connectivity index (χ1) is 16.2. The van der Waals surface area contributed by atoms with Crippen LogP contribution in [-0.2, 0) is 9.53 Å². The Morgan fingerprint density at radius 1 is 1.18 bits per heavy atom. The Morgan fingerprint density at radius 3 is 2.50 bits per heavy atom. The van der Waals surface area contributed by atoms with Crippen LogP contribution in [0.4, 0.5) is 5.69 Å². The quantitative estimate of drug-likeness (QED) is 0.539. The molecule has 0 aromatic heterocycles. The van der Waals surface area contributed by atoms with E-state index in [0.29, 0.717) is 27.9 Å². The molecule has 0 unspecified atom stereocenters. The average Bonchev–Trinajstić information content (AvgIpc) is 2.84. The van der Waals surface area contributed by atoms with Crippen LogP contribution in [0.25, 0.3) is 0 Å². The van der Waals surface area contributed by atoms with Crippen LogP contribution in [0.5, 0.6) is 5.75 Å². The number of nitrogen functional groups attached to an aromatic ring is 1. The minimum atomic E-state index is -0.248. The second-order valence-corrected chi connectivity index (χ2v) is 10.1. The van der Waals surface area contributed by atoms with Crippen molar-refractivity contribution in [1.29, 1.82) is 0 Å². The van der Waals surface area contributed by atoms with Gasteiger partial charge >= 0.3 is 0 Å². The number of nitrogens with one attached hydrogen (secondary N) is 1. The number of likely N-dealkylation sites (tertiary alicyclic amines) is 2. The Morgan fingerprint density at radius 2 is 1.88 bits per heavy atom. The lowest BCUT2D eigenvalue weighted by atomic mass is 9.92. The maximum Gasteiger partial charge on any atom is 0.255 e. The van der Waals surface area contributed by atoms with Gasteiger partial charge < -0.3 is 30.3 Å². The van der Waals surface area contributed by atoms with Gasteiger partial charge in [-0.2, -0.15) is 0 Å². The van der Waals surface area contributed by atoms with Crippen molar-refractivity contribution < 1.29 is 19.1 Å². The highest BCUT2D eigenvalue weighted by Gasteiger charge is 2.32. The summed E-state index contributed by atoms with van der Waals surface area (Å²) in [7, 11) is 3.19. The predicted octanol–water partition coefficient (Wildman–Crippen LogP) is 3.03. The van der Waals surface area contributed by atoms with Crippen molar-refractivity contribution >= 4 is 29.1 Å². The molecule has 2 fully saturated rings. The van der Waals surface area contributed by atoms with Crippen LogP contribution in [0.3, 0.4) is 0 Å². The summed E-state index contributed by atoms with van der Waals surface area (Å²) in [6, 6.07) is 3.01. The van der Waals surface area contributed by atoms with Gasteiger partial charge in [0.15, 0.2) is 0 Å². The van der Waals surface area contributed by atoms with Crippen molar-refractivity contribution in [2.45, 2.75) is 51.7 Å². The number of benzene rings is 1. The minimum absolute atomic E-state index is 0.0717. The van der Waals surface area contributed by atoms with Gasteiger partial charge in [-0.3, -0.25) is 9.59 Å². The normalized spacial score (nSPS) is 22.1. The third-order valence-electron chi connectivity index (χ3n) is 7.10. The summed E-state index contributed by atoms with van der Waals surface area (Å²) < 4.78 is 11.1. The van der Waals surface area contributed by atoms with E-state index in [-0.39, 0.29) is 29.9 Å². The monoisotopic (exact) mass is 494 g/mol. The van der Waals surface area contributed by atoms with Crippen LogP contribution in [0.1, 0.15) is 49.9 Å². The Bertz CT molecular complexity index is 858. The number of carbonyl (C=O) groups excluding carboxylic acids is 2. The van der Waals surface area contributed by atoms with Crippen LogP contribution in [-0.4, -0.2) is 80.7 Å². The van der Waals surface area contributed by atoms with E-state index in [0.717, 1.165) is 58.4 Å². The second kappa shape index (κ2) is 12.1. The molecule has 3 rings (SSSR count). The first kappa shape index (κ1) is 26.6. The number of rotatable bonds is 8. The average molecular weight is 495 g/mol. The second-order valence-electron chi connectivity index (χ2n) is 9.73. The molecule has 8 nitrogen and oxygen atoms in total. The van der Waals surface area contributed by atoms with Crippen LogP contribution in [0.2, 0.25) is 5.02 Å². The molecule has 2 atom stereocenters. The van der Waals surface area contributed by atoms with E-state index in [1.165, 1.54) is 7.11 Å². The van der Waals surface area contributed by atoms with Gasteiger partial charge in [0.05, 0.1) is 35.5 Å². The molecular formula is C25H39ClN4O4. The van der Waals surface area contributed by atoms with Gasteiger partial charge in [0.25, 0.3) is 5.91 Å². The van der Waals surface area contributed by atoms with Gasteiger partial charge in [-0.15, -0.1) is 0 Å². The number of hydrogen-bond donors (Lipinski definition) is 2. The number of nitrogens with two attached hydrogens (primary N) is 1. The van der Waals surface area contributed by atoms with E-state index in [1.54, 1.807) is 19.2 Å². The van der Waals surface area contributed by atoms with Crippen molar-refractivity contribution in [2.24, 2.45) is 11.8 Å². The van der Waals surface area contributed by atoms with E-state index in [9.17, 15) is 9.59 Å². The van der Waals surface area contributed by atoms with Crippen molar-refractivity contribution in [3.63, 3.8) is 0 Å². The molecule has 0 spiro atoms. The fourth-order valence-corrected chi connectivity index (χ4v) is 5.09. The molecule has 1 aromatic rings. The molecule has 0 radical (unpaired) electrons. The maximum atomic E-state index is 13.0. The van der Waals surface area contributed by atoms with Gasteiger partial charge in [-0.25, -0.2) is 0 Å². The Balaban J connectivity index is 1.48.